The first kappa shape index (κ1) is 20.5. The van der Waals surface area contributed by atoms with Gasteiger partial charge in [0.1, 0.15) is 12.4 Å². The molecule has 0 unspecified atom stereocenters. The molecule has 3 aromatic rings. The van der Waals surface area contributed by atoms with E-state index in [1.54, 1.807) is 24.3 Å². The van der Waals surface area contributed by atoms with E-state index in [9.17, 15) is 26.8 Å². The van der Waals surface area contributed by atoms with Crippen molar-refractivity contribution in [2.45, 2.75) is 17.1 Å². The normalized spacial score (nSPS) is 11.6. The van der Waals surface area contributed by atoms with Crippen LogP contribution in [0.1, 0.15) is 5.56 Å². The zero-order chi connectivity index (χ0) is 21.0. The fourth-order valence-electron chi connectivity index (χ4n) is 2.59. The molecule has 3 rings (SSSR count). The zero-order valence-corrected chi connectivity index (χ0v) is 15.7. The highest BCUT2D eigenvalue weighted by molar-refractivity contribution is 7.90. The smallest absolute Gasteiger partial charge is 0.332 e. The molecule has 152 valence electrons. The Morgan fingerprint density at radius 1 is 1.03 bits per heavy atom. The van der Waals surface area contributed by atoms with Crippen LogP contribution in [0.25, 0.3) is 5.69 Å². The van der Waals surface area contributed by atoms with E-state index in [0.717, 1.165) is 0 Å². The standard InChI is InChI=1S/C19H16F2N2O5S/c20-17(21)11-28-15-2-1-3-16(10-15)29(26,27)12-13-4-6-14(7-5-13)23-9-8-18(24)22-19(23)25/h1-10,17H,11-12H2,(H,22,24,25). The number of nitrogens with zero attached hydrogens (tertiary/aromatic N) is 1. The second-order valence-corrected chi connectivity index (χ2v) is 8.07. The monoisotopic (exact) mass is 422 g/mol. The Morgan fingerprint density at radius 3 is 2.41 bits per heavy atom. The van der Waals surface area contributed by atoms with Crippen molar-refractivity contribution in [3.63, 3.8) is 0 Å². The summed E-state index contributed by atoms with van der Waals surface area (Å²) < 4.78 is 55.9. The Bertz CT molecular complexity index is 1220. The van der Waals surface area contributed by atoms with Gasteiger partial charge in [-0.2, -0.15) is 0 Å². The molecule has 0 aliphatic carbocycles. The molecule has 1 aromatic heterocycles. The third-order valence-electron chi connectivity index (χ3n) is 3.94. The molecule has 1 heterocycles. The first-order chi connectivity index (χ1) is 13.7. The van der Waals surface area contributed by atoms with Crippen LogP contribution in [0.15, 0.2) is 75.3 Å². The number of benzene rings is 2. The Kier molecular flexibility index (Phi) is 5.92. The molecule has 0 bridgehead atoms. The number of nitrogens with one attached hydrogen (secondary N) is 1. The molecule has 29 heavy (non-hydrogen) atoms. The number of rotatable bonds is 7. The van der Waals surface area contributed by atoms with Gasteiger partial charge >= 0.3 is 5.69 Å². The third kappa shape index (κ3) is 5.17. The lowest BCUT2D eigenvalue weighted by atomic mass is 10.2. The van der Waals surface area contributed by atoms with Crippen molar-refractivity contribution < 1.29 is 21.9 Å². The van der Waals surface area contributed by atoms with Crippen molar-refractivity contribution in [3.05, 3.63) is 87.2 Å². The summed E-state index contributed by atoms with van der Waals surface area (Å²) in [6.07, 6.45) is -1.35. The number of alkyl halides is 2. The minimum absolute atomic E-state index is 0.0409. The van der Waals surface area contributed by atoms with Crippen molar-refractivity contribution in [3.8, 4) is 11.4 Å². The Balaban J connectivity index is 1.79. The van der Waals surface area contributed by atoms with Gasteiger partial charge in [-0.05, 0) is 35.9 Å². The van der Waals surface area contributed by atoms with E-state index < -0.39 is 34.1 Å². The molecule has 0 fully saturated rings. The number of ether oxygens (including phenoxy) is 1. The van der Waals surface area contributed by atoms with Gasteiger partial charge in [0, 0.05) is 12.3 Å². The Labute approximate surface area is 164 Å². The summed E-state index contributed by atoms with van der Waals surface area (Å²) in [6, 6.07) is 12.8. The minimum atomic E-state index is -3.75. The lowest BCUT2D eigenvalue weighted by molar-refractivity contribution is 0.0818. The van der Waals surface area contributed by atoms with Gasteiger partial charge in [-0.25, -0.2) is 22.0 Å². The lowest BCUT2D eigenvalue weighted by Gasteiger charge is -2.09. The molecule has 0 saturated heterocycles. The molecular formula is C19H16F2N2O5S. The SMILES string of the molecule is O=c1ccn(-c2ccc(CS(=O)(=O)c3cccc(OCC(F)F)c3)cc2)c(=O)[nH]1. The van der Waals surface area contributed by atoms with Crippen molar-refractivity contribution in [2.75, 3.05) is 6.61 Å². The Hall–Kier alpha value is -3.27. The highest BCUT2D eigenvalue weighted by Gasteiger charge is 2.17. The fraction of sp³-hybridized carbons (Fsp3) is 0.158. The average molecular weight is 422 g/mol. The average Bonchev–Trinajstić information content (AvgIpc) is 2.67. The van der Waals surface area contributed by atoms with Crippen LogP contribution in [-0.4, -0.2) is 31.0 Å². The summed E-state index contributed by atoms with van der Waals surface area (Å²) in [6.45, 7) is -0.824. The number of hydrogen-bond acceptors (Lipinski definition) is 5. The number of hydrogen-bond donors (Lipinski definition) is 1. The highest BCUT2D eigenvalue weighted by atomic mass is 32.2. The molecule has 0 aliphatic rings. The van der Waals surface area contributed by atoms with Gasteiger partial charge in [0.25, 0.3) is 12.0 Å². The first-order valence-electron chi connectivity index (χ1n) is 8.40. The second kappa shape index (κ2) is 8.39. The first-order valence-corrected chi connectivity index (χ1v) is 10.0. The third-order valence-corrected chi connectivity index (χ3v) is 5.62. The summed E-state index contributed by atoms with van der Waals surface area (Å²) in [5.41, 5.74) is -0.216. The minimum Gasteiger partial charge on any atom is -0.488 e. The molecule has 0 atom stereocenters. The molecule has 0 radical (unpaired) electrons. The number of sulfone groups is 1. The Morgan fingerprint density at radius 2 is 1.76 bits per heavy atom. The molecule has 1 N–H and O–H groups in total. The van der Waals surface area contributed by atoms with E-state index >= 15 is 0 Å². The molecule has 0 saturated carbocycles. The van der Waals surface area contributed by atoms with Crippen molar-refractivity contribution in [2.24, 2.45) is 0 Å². The largest absolute Gasteiger partial charge is 0.488 e. The summed E-state index contributed by atoms with van der Waals surface area (Å²) in [4.78, 5) is 25.0. The summed E-state index contributed by atoms with van der Waals surface area (Å²) in [5.74, 6) is -0.286. The molecule has 0 amide bonds. The maximum atomic E-state index is 12.6. The number of H-pyrrole nitrogens is 1. The number of aromatic nitrogens is 2. The van der Waals surface area contributed by atoms with Gasteiger partial charge in [-0.15, -0.1) is 0 Å². The number of halogens is 2. The van der Waals surface area contributed by atoms with Crippen LogP contribution in [-0.2, 0) is 15.6 Å². The van der Waals surface area contributed by atoms with Gasteiger partial charge in [0.2, 0.25) is 0 Å². The molecule has 2 aromatic carbocycles. The summed E-state index contributed by atoms with van der Waals surface area (Å²) in [7, 11) is -3.75. The lowest BCUT2D eigenvalue weighted by Crippen LogP contribution is -2.27. The van der Waals surface area contributed by atoms with Crippen molar-refractivity contribution in [1.82, 2.24) is 9.55 Å². The van der Waals surface area contributed by atoms with Crippen LogP contribution in [0.3, 0.4) is 0 Å². The quantitative estimate of drug-likeness (QED) is 0.629. The summed E-state index contributed by atoms with van der Waals surface area (Å²) >= 11 is 0. The van der Waals surface area contributed by atoms with E-state index in [4.69, 9.17) is 4.74 Å². The van der Waals surface area contributed by atoms with E-state index in [1.165, 1.54) is 41.1 Å². The van der Waals surface area contributed by atoms with Crippen LogP contribution in [0.2, 0.25) is 0 Å². The maximum Gasteiger partial charge on any atom is 0.332 e. The van der Waals surface area contributed by atoms with Crippen LogP contribution in [0.4, 0.5) is 8.78 Å². The molecule has 7 nitrogen and oxygen atoms in total. The van der Waals surface area contributed by atoms with Gasteiger partial charge in [-0.3, -0.25) is 14.3 Å². The predicted octanol–water partition coefficient (Wildman–Crippen LogP) is 2.14. The van der Waals surface area contributed by atoms with Crippen molar-refractivity contribution >= 4 is 9.84 Å². The molecular weight excluding hydrogens is 406 g/mol. The van der Waals surface area contributed by atoms with E-state index in [1.807, 2.05) is 0 Å². The van der Waals surface area contributed by atoms with Crippen LogP contribution >= 0.6 is 0 Å². The van der Waals surface area contributed by atoms with Gasteiger partial charge in [0.05, 0.1) is 16.3 Å². The van der Waals surface area contributed by atoms with E-state index in [2.05, 4.69) is 4.98 Å². The predicted molar refractivity (Wildman–Crippen MR) is 101 cm³/mol. The van der Waals surface area contributed by atoms with Crippen LogP contribution < -0.4 is 16.0 Å². The van der Waals surface area contributed by atoms with Gasteiger partial charge in [-0.1, -0.05) is 18.2 Å². The highest BCUT2D eigenvalue weighted by Crippen LogP contribution is 2.22. The van der Waals surface area contributed by atoms with Gasteiger partial charge < -0.3 is 4.74 Å². The van der Waals surface area contributed by atoms with Crippen LogP contribution in [0, 0.1) is 0 Å². The number of aromatic amines is 1. The van der Waals surface area contributed by atoms with E-state index in [-0.39, 0.29) is 16.4 Å². The summed E-state index contributed by atoms with van der Waals surface area (Å²) in [5, 5.41) is 0. The molecule has 0 spiro atoms. The van der Waals surface area contributed by atoms with Crippen LogP contribution in [0.5, 0.6) is 5.75 Å². The second-order valence-electron chi connectivity index (χ2n) is 6.08. The molecule has 10 heteroatoms. The fourth-order valence-corrected chi connectivity index (χ4v) is 3.97. The topological polar surface area (TPSA) is 98.2 Å². The molecule has 0 aliphatic heterocycles. The maximum absolute atomic E-state index is 12.6. The van der Waals surface area contributed by atoms with E-state index in [0.29, 0.717) is 11.3 Å². The van der Waals surface area contributed by atoms with Crippen molar-refractivity contribution in [1.29, 1.82) is 0 Å². The van der Waals surface area contributed by atoms with Gasteiger partial charge in [0.15, 0.2) is 9.84 Å². The zero-order valence-electron chi connectivity index (χ0n) is 14.9.